The number of hydrogen-bond donors (Lipinski definition) is 0. The predicted octanol–water partition coefficient (Wildman–Crippen LogP) is 2.98. The largest absolute Gasteiger partial charge is 0.496 e. The van der Waals surface area contributed by atoms with Crippen LogP contribution in [0.25, 0.3) is 0 Å². The van der Waals surface area contributed by atoms with Crippen LogP contribution >= 0.6 is 0 Å². The van der Waals surface area contributed by atoms with Crippen molar-refractivity contribution in [1.82, 2.24) is 4.90 Å². The Morgan fingerprint density at radius 1 is 1.38 bits per heavy atom. The number of rotatable bonds is 2. The van der Waals surface area contributed by atoms with Gasteiger partial charge in [-0.3, -0.25) is 0 Å². The summed E-state index contributed by atoms with van der Waals surface area (Å²) in [4.78, 5) is 2.35. The molecule has 0 aromatic heterocycles. The molecule has 1 heterocycles. The molecule has 1 aromatic rings. The van der Waals surface area contributed by atoms with Gasteiger partial charge in [0.05, 0.1) is 7.11 Å². The number of ether oxygens (including phenoxy) is 1. The fourth-order valence-corrected chi connectivity index (χ4v) is 2.30. The van der Waals surface area contributed by atoms with Crippen molar-refractivity contribution in [3.8, 4) is 5.75 Å². The number of fused-ring (bicyclic) bond motifs is 1. The Morgan fingerprint density at radius 2 is 2.12 bits per heavy atom. The minimum atomic E-state index is 0.506. The number of benzene rings is 1. The Bertz CT molecular complexity index is 409. The molecule has 0 amide bonds. The van der Waals surface area contributed by atoms with E-state index in [4.69, 9.17) is 4.74 Å². The van der Waals surface area contributed by atoms with Crippen molar-refractivity contribution >= 4 is 0 Å². The Morgan fingerprint density at radius 3 is 2.75 bits per heavy atom. The highest BCUT2D eigenvalue weighted by Gasteiger charge is 2.22. The third kappa shape index (κ3) is 1.80. The quantitative estimate of drug-likeness (QED) is 0.755. The van der Waals surface area contributed by atoms with Crippen molar-refractivity contribution in [1.29, 1.82) is 0 Å². The maximum atomic E-state index is 5.40. The molecule has 0 unspecified atom stereocenters. The normalized spacial score (nSPS) is 15.2. The summed E-state index contributed by atoms with van der Waals surface area (Å²) >= 11 is 0. The molecular weight excluding hydrogens is 198 g/mol. The summed E-state index contributed by atoms with van der Waals surface area (Å²) in [5.74, 6) is 0.988. The average Bonchev–Trinajstić information content (AvgIpc) is 2.27. The lowest BCUT2D eigenvalue weighted by molar-refractivity contribution is 0.257. The number of nitrogens with zero attached hydrogens (tertiary/aromatic N) is 1. The topological polar surface area (TPSA) is 12.5 Å². The SMILES string of the molecule is C=C1Cc2c(cccc2OC)CN1C(C)C. The van der Waals surface area contributed by atoms with Gasteiger partial charge in [-0.15, -0.1) is 0 Å². The van der Waals surface area contributed by atoms with Gasteiger partial charge in [0.2, 0.25) is 0 Å². The molecule has 0 atom stereocenters. The molecular formula is C14H19NO. The molecule has 0 saturated heterocycles. The van der Waals surface area contributed by atoms with Crippen LogP contribution in [0.3, 0.4) is 0 Å². The van der Waals surface area contributed by atoms with Crippen LogP contribution < -0.4 is 4.74 Å². The van der Waals surface area contributed by atoms with E-state index in [2.05, 4.69) is 37.5 Å². The van der Waals surface area contributed by atoms with Gasteiger partial charge in [-0.05, 0) is 25.5 Å². The Kier molecular flexibility index (Phi) is 2.90. The Balaban J connectivity index is 2.38. The molecule has 86 valence electrons. The van der Waals surface area contributed by atoms with Gasteiger partial charge in [-0.1, -0.05) is 18.7 Å². The zero-order chi connectivity index (χ0) is 11.7. The van der Waals surface area contributed by atoms with Crippen molar-refractivity contribution in [2.45, 2.75) is 32.9 Å². The molecule has 1 aliphatic heterocycles. The van der Waals surface area contributed by atoms with Crippen molar-refractivity contribution < 1.29 is 4.74 Å². The lowest BCUT2D eigenvalue weighted by Crippen LogP contribution is -2.33. The van der Waals surface area contributed by atoms with E-state index in [9.17, 15) is 0 Å². The molecule has 16 heavy (non-hydrogen) atoms. The monoisotopic (exact) mass is 217 g/mol. The van der Waals surface area contributed by atoms with E-state index >= 15 is 0 Å². The van der Waals surface area contributed by atoms with Crippen LogP contribution in [-0.2, 0) is 13.0 Å². The van der Waals surface area contributed by atoms with Gasteiger partial charge in [0.1, 0.15) is 5.75 Å². The minimum absolute atomic E-state index is 0.506. The molecule has 1 aromatic carbocycles. The first kappa shape index (κ1) is 11.1. The predicted molar refractivity (Wildman–Crippen MR) is 66.5 cm³/mol. The van der Waals surface area contributed by atoms with Gasteiger partial charge >= 0.3 is 0 Å². The maximum Gasteiger partial charge on any atom is 0.122 e. The van der Waals surface area contributed by atoms with Gasteiger partial charge in [0, 0.05) is 30.3 Å². The average molecular weight is 217 g/mol. The summed E-state index contributed by atoms with van der Waals surface area (Å²) in [7, 11) is 1.73. The van der Waals surface area contributed by atoms with Crippen molar-refractivity contribution in [3.05, 3.63) is 41.6 Å². The molecule has 0 radical (unpaired) electrons. The lowest BCUT2D eigenvalue weighted by atomic mass is 9.96. The van der Waals surface area contributed by atoms with Crippen LogP contribution in [0.1, 0.15) is 25.0 Å². The molecule has 0 bridgehead atoms. The molecule has 2 heteroatoms. The smallest absolute Gasteiger partial charge is 0.122 e. The summed E-state index contributed by atoms with van der Waals surface area (Å²) in [5.41, 5.74) is 3.85. The molecule has 2 rings (SSSR count). The third-order valence-electron chi connectivity index (χ3n) is 3.20. The fraction of sp³-hybridized carbons (Fsp3) is 0.429. The van der Waals surface area contributed by atoms with E-state index in [0.29, 0.717) is 6.04 Å². The highest BCUT2D eigenvalue weighted by Crippen LogP contribution is 2.32. The molecule has 0 fully saturated rings. The lowest BCUT2D eigenvalue weighted by Gasteiger charge is -2.36. The Labute approximate surface area is 97.5 Å². The van der Waals surface area contributed by atoms with Gasteiger partial charge in [-0.25, -0.2) is 0 Å². The summed E-state index contributed by atoms with van der Waals surface area (Å²) in [6.45, 7) is 9.52. The van der Waals surface area contributed by atoms with E-state index in [1.165, 1.54) is 16.8 Å². The molecule has 1 aliphatic rings. The van der Waals surface area contributed by atoms with Gasteiger partial charge in [0.25, 0.3) is 0 Å². The van der Waals surface area contributed by atoms with Crippen LogP contribution in [0.2, 0.25) is 0 Å². The van der Waals surface area contributed by atoms with Crippen LogP contribution in [-0.4, -0.2) is 18.1 Å². The molecule has 0 N–H and O–H groups in total. The van der Waals surface area contributed by atoms with Crippen LogP contribution in [0, 0.1) is 0 Å². The van der Waals surface area contributed by atoms with Crippen LogP contribution in [0.15, 0.2) is 30.5 Å². The zero-order valence-corrected chi connectivity index (χ0v) is 10.3. The van der Waals surface area contributed by atoms with Gasteiger partial charge in [-0.2, -0.15) is 0 Å². The molecule has 0 aliphatic carbocycles. The highest BCUT2D eigenvalue weighted by molar-refractivity contribution is 5.44. The van der Waals surface area contributed by atoms with E-state index in [1.54, 1.807) is 7.11 Å². The standard InChI is InChI=1S/C14H19NO/c1-10(2)15-9-12-6-5-7-14(16-4)13(12)8-11(15)3/h5-7,10H,3,8-9H2,1-2,4H3. The highest BCUT2D eigenvalue weighted by atomic mass is 16.5. The first-order valence-corrected chi connectivity index (χ1v) is 5.72. The molecule has 2 nitrogen and oxygen atoms in total. The second kappa shape index (κ2) is 4.20. The van der Waals surface area contributed by atoms with Crippen molar-refractivity contribution in [3.63, 3.8) is 0 Å². The maximum absolute atomic E-state index is 5.40. The first-order valence-electron chi connectivity index (χ1n) is 5.72. The van der Waals surface area contributed by atoms with E-state index in [-0.39, 0.29) is 0 Å². The molecule has 0 spiro atoms. The zero-order valence-electron chi connectivity index (χ0n) is 10.3. The van der Waals surface area contributed by atoms with Crippen molar-refractivity contribution in [2.24, 2.45) is 0 Å². The summed E-state index contributed by atoms with van der Waals surface area (Å²) in [6, 6.07) is 6.77. The van der Waals surface area contributed by atoms with Gasteiger partial charge < -0.3 is 9.64 Å². The number of allylic oxidation sites excluding steroid dienone is 1. The second-order valence-electron chi connectivity index (χ2n) is 4.56. The van der Waals surface area contributed by atoms with Gasteiger partial charge in [0.15, 0.2) is 0 Å². The second-order valence-corrected chi connectivity index (χ2v) is 4.56. The number of hydrogen-bond acceptors (Lipinski definition) is 2. The van der Waals surface area contributed by atoms with Crippen LogP contribution in [0.4, 0.5) is 0 Å². The summed E-state index contributed by atoms with van der Waals surface area (Å²) in [5, 5.41) is 0. The van der Waals surface area contributed by atoms with E-state index < -0.39 is 0 Å². The van der Waals surface area contributed by atoms with Crippen LogP contribution in [0.5, 0.6) is 5.75 Å². The Hall–Kier alpha value is -1.44. The summed E-state index contributed by atoms with van der Waals surface area (Å²) < 4.78 is 5.40. The van der Waals surface area contributed by atoms with E-state index in [0.717, 1.165) is 18.7 Å². The third-order valence-corrected chi connectivity index (χ3v) is 3.20. The fourth-order valence-electron chi connectivity index (χ4n) is 2.30. The summed E-state index contributed by atoms with van der Waals surface area (Å²) in [6.07, 6.45) is 0.900. The molecule has 0 saturated carbocycles. The number of methoxy groups -OCH3 is 1. The minimum Gasteiger partial charge on any atom is -0.496 e. The van der Waals surface area contributed by atoms with Crippen molar-refractivity contribution in [2.75, 3.05) is 7.11 Å². The van der Waals surface area contributed by atoms with E-state index in [1.807, 2.05) is 6.07 Å². The first-order chi connectivity index (χ1) is 7.63.